The van der Waals surface area contributed by atoms with Gasteiger partial charge in [0.15, 0.2) is 0 Å². The van der Waals surface area contributed by atoms with Gasteiger partial charge in [-0.25, -0.2) is 0 Å². The molecular formula is C12H22N2O2S. The summed E-state index contributed by atoms with van der Waals surface area (Å²) in [7, 11) is 0. The Morgan fingerprint density at radius 3 is 3.18 bits per heavy atom. The molecule has 2 fully saturated rings. The quantitative estimate of drug-likeness (QED) is 0.779. The van der Waals surface area contributed by atoms with E-state index >= 15 is 0 Å². The van der Waals surface area contributed by atoms with Gasteiger partial charge in [-0.2, -0.15) is 11.8 Å². The van der Waals surface area contributed by atoms with Crippen molar-refractivity contribution in [2.75, 3.05) is 31.3 Å². The van der Waals surface area contributed by atoms with Crippen molar-refractivity contribution in [1.29, 1.82) is 0 Å². The summed E-state index contributed by atoms with van der Waals surface area (Å²) < 4.78 is 5.38. The van der Waals surface area contributed by atoms with Crippen LogP contribution in [0.5, 0.6) is 0 Å². The number of thioether (sulfide) groups is 1. The normalized spacial score (nSPS) is 34.3. The maximum Gasteiger partial charge on any atom is 0.221 e. The van der Waals surface area contributed by atoms with E-state index in [0.29, 0.717) is 24.4 Å². The Balaban J connectivity index is 1.72. The molecule has 2 rings (SSSR count). The second kappa shape index (κ2) is 6.61. The lowest BCUT2D eigenvalue weighted by atomic mass is 9.97. The molecule has 3 atom stereocenters. The number of rotatable bonds is 3. The molecule has 2 N–H and O–H groups in total. The molecule has 0 saturated carbocycles. The molecule has 0 aromatic carbocycles. The molecule has 5 heteroatoms. The van der Waals surface area contributed by atoms with E-state index in [2.05, 4.69) is 17.6 Å². The summed E-state index contributed by atoms with van der Waals surface area (Å²) in [5, 5.41) is 6.54. The fourth-order valence-corrected chi connectivity index (χ4v) is 3.28. The van der Waals surface area contributed by atoms with Gasteiger partial charge in [-0.15, -0.1) is 0 Å². The molecule has 0 aromatic rings. The van der Waals surface area contributed by atoms with E-state index in [-0.39, 0.29) is 5.91 Å². The van der Waals surface area contributed by atoms with Crippen molar-refractivity contribution in [3.05, 3.63) is 0 Å². The molecule has 4 nitrogen and oxygen atoms in total. The number of carbonyl (C=O) groups is 1. The van der Waals surface area contributed by atoms with Crippen molar-refractivity contribution >= 4 is 17.7 Å². The first-order valence-corrected chi connectivity index (χ1v) is 7.59. The topological polar surface area (TPSA) is 50.4 Å². The number of carbonyl (C=O) groups excluding carboxylic acids is 1. The predicted octanol–water partition coefficient (Wildman–Crippen LogP) is 0.623. The van der Waals surface area contributed by atoms with E-state index in [1.807, 2.05) is 11.8 Å². The first kappa shape index (κ1) is 13.2. The van der Waals surface area contributed by atoms with Gasteiger partial charge in [-0.3, -0.25) is 4.79 Å². The molecule has 1 amide bonds. The highest BCUT2D eigenvalue weighted by Crippen LogP contribution is 2.15. The molecular weight excluding hydrogens is 236 g/mol. The van der Waals surface area contributed by atoms with Crippen LogP contribution in [0.2, 0.25) is 0 Å². The molecule has 0 bridgehead atoms. The summed E-state index contributed by atoms with van der Waals surface area (Å²) in [4.78, 5) is 11.9. The van der Waals surface area contributed by atoms with Gasteiger partial charge >= 0.3 is 0 Å². The molecule has 2 aliphatic rings. The molecule has 2 heterocycles. The largest absolute Gasteiger partial charge is 0.381 e. The van der Waals surface area contributed by atoms with Crippen LogP contribution < -0.4 is 10.6 Å². The molecule has 98 valence electrons. The third kappa shape index (κ3) is 4.16. The predicted molar refractivity (Wildman–Crippen MR) is 70.3 cm³/mol. The minimum absolute atomic E-state index is 0.184. The first-order valence-electron chi connectivity index (χ1n) is 6.44. The van der Waals surface area contributed by atoms with E-state index < -0.39 is 0 Å². The average molecular weight is 258 g/mol. The monoisotopic (exact) mass is 258 g/mol. The van der Waals surface area contributed by atoms with Gasteiger partial charge in [-0.1, -0.05) is 6.92 Å². The van der Waals surface area contributed by atoms with Gasteiger partial charge in [0.05, 0.1) is 6.61 Å². The maximum absolute atomic E-state index is 11.9. The number of nitrogens with one attached hydrogen (secondary N) is 2. The Bertz CT molecular complexity index is 257. The number of amides is 1. The SMILES string of the molecule is CC1COCCC1NC(=O)CC1CSCCN1. The second-order valence-electron chi connectivity index (χ2n) is 4.94. The third-order valence-electron chi connectivity index (χ3n) is 3.42. The molecule has 0 aliphatic carbocycles. The summed E-state index contributed by atoms with van der Waals surface area (Å²) >= 11 is 1.93. The highest BCUT2D eigenvalue weighted by Gasteiger charge is 2.24. The lowest BCUT2D eigenvalue weighted by molar-refractivity contribution is -0.123. The minimum atomic E-state index is 0.184. The first-order chi connectivity index (χ1) is 8.25. The molecule has 17 heavy (non-hydrogen) atoms. The Labute approximate surface area is 107 Å². The van der Waals surface area contributed by atoms with Crippen LogP contribution in [0.25, 0.3) is 0 Å². The second-order valence-corrected chi connectivity index (χ2v) is 6.09. The Hall–Kier alpha value is -0.260. The van der Waals surface area contributed by atoms with Crippen LogP contribution in [0.15, 0.2) is 0 Å². The van der Waals surface area contributed by atoms with E-state index in [0.717, 1.165) is 37.7 Å². The van der Waals surface area contributed by atoms with Crippen molar-refractivity contribution in [2.24, 2.45) is 5.92 Å². The van der Waals surface area contributed by atoms with E-state index in [9.17, 15) is 4.79 Å². The summed E-state index contributed by atoms with van der Waals surface area (Å²) in [5.74, 6) is 2.83. The van der Waals surface area contributed by atoms with Crippen molar-refractivity contribution in [3.8, 4) is 0 Å². The van der Waals surface area contributed by atoms with E-state index in [1.165, 1.54) is 0 Å². The highest BCUT2D eigenvalue weighted by molar-refractivity contribution is 7.99. The summed E-state index contributed by atoms with van der Waals surface area (Å²) in [6.07, 6.45) is 1.55. The highest BCUT2D eigenvalue weighted by atomic mass is 32.2. The Morgan fingerprint density at radius 1 is 1.59 bits per heavy atom. The zero-order valence-electron chi connectivity index (χ0n) is 10.4. The van der Waals surface area contributed by atoms with Gasteiger partial charge < -0.3 is 15.4 Å². The van der Waals surface area contributed by atoms with Crippen LogP contribution in [-0.4, -0.2) is 49.3 Å². The zero-order valence-corrected chi connectivity index (χ0v) is 11.2. The Kier molecular flexibility index (Phi) is 5.13. The van der Waals surface area contributed by atoms with Crippen molar-refractivity contribution in [3.63, 3.8) is 0 Å². The van der Waals surface area contributed by atoms with Gasteiger partial charge in [0.1, 0.15) is 0 Å². The molecule has 2 aliphatic heterocycles. The standard InChI is InChI=1S/C12H22N2O2S/c1-9-7-16-4-2-11(9)14-12(15)6-10-8-17-5-3-13-10/h9-11,13H,2-8H2,1H3,(H,14,15). The summed E-state index contributed by atoms with van der Waals surface area (Å²) in [6.45, 7) is 4.70. The number of hydrogen-bond donors (Lipinski definition) is 2. The van der Waals surface area contributed by atoms with E-state index in [4.69, 9.17) is 4.74 Å². The zero-order chi connectivity index (χ0) is 12.1. The Morgan fingerprint density at radius 2 is 2.47 bits per heavy atom. The van der Waals surface area contributed by atoms with Gasteiger partial charge in [0, 0.05) is 43.2 Å². The maximum atomic E-state index is 11.9. The van der Waals surface area contributed by atoms with Crippen LogP contribution in [0.4, 0.5) is 0 Å². The number of ether oxygens (including phenoxy) is 1. The molecule has 0 radical (unpaired) electrons. The fourth-order valence-electron chi connectivity index (χ4n) is 2.33. The van der Waals surface area contributed by atoms with Gasteiger partial charge in [0.2, 0.25) is 5.91 Å². The van der Waals surface area contributed by atoms with Crippen molar-refractivity contribution < 1.29 is 9.53 Å². The van der Waals surface area contributed by atoms with Crippen molar-refractivity contribution in [1.82, 2.24) is 10.6 Å². The third-order valence-corrected chi connectivity index (χ3v) is 4.55. The number of hydrogen-bond acceptors (Lipinski definition) is 4. The van der Waals surface area contributed by atoms with E-state index in [1.54, 1.807) is 0 Å². The van der Waals surface area contributed by atoms with Gasteiger partial charge in [0.25, 0.3) is 0 Å². The molecule has 2 saturated heterocycles. The lowest BCUT2D eigenvalue weighted by Crippen LogP contribution is -2.47. The molecule has 0 aromatic heterocycles. The minimum Gasteiger partial charge on any atom is -0.381 e. The summed E-state index contributed by atoms with van der Waals surface area (Å²) in [6, 6.07) is 0.649. The van der Waals surface area contributed by atoms with Gasteiger partial charge in [-0.05, 0) is 12.3 Å². The smallest absolute Gasteiger partial charge is 0.221 e. The van der Waals surface area contributed by atoms with Crippen LogP contribution in [0.1, 0.15) is 19.8 Å². The van der Waals surface area contributed by atoms with Crippen LogP contribution in [-0.2, 0) is 9.53 Å². The summed E-state index contributed by atoms with van der Waals surface area (Å²) in [5.41, 5.74) is 0. The van der Waals surface area contributed by atoms with Crippen LogP contribution in [0.3, 0.4) is 0 Å². The van der Waals surface area contributed by atoms with Crippen molar-refractivity contribution in [2.45, 2.75) is 31.8 Å². The lowest BCUT2D eigenvalue weighted by Gasteiger charge is -2.30. The van der Waals surface area contributed by atoms with Crippen LogP contribution in [0, 0.1) is 5.92 Å². The van der Waals surface area contributed by atoms with Crippen LogP contribution >= 0.6 is 11.8 Å². The average Bonchev–Trinajstić information content (AvgIpc) is 2.33. The fraction of sp³-hybridized carbons (Fsp3) is 0.917. The molecule has 3 unspecified atom stereocenters. The molecule has 0 spiro atoms.